The number of nitrogens with zero attached hydrogens (tertiary/aromatic N) is 4. The van der Waals surface area contributed by atoms with E-state index in [1.165, 1.54) is 10.9 Å². The van der Waals surface area contributed by atoms with E-state index in [1.54, 1.807) is 18.3 Å². The number of ketones is 1. The third-order valence-electron chi connectivity index (χ3n) is 5.17. The Morgan fingerprint density at radius 2 is 1.74 bits per heavy atom. The van der Waals surface area contributed by atoms with E-state index in [9.17, 15) is 4.79 Å². The van der Waals surface area contributed by atoms with E-state index in [0.717, 1.165) is 10.9 Å². The number of para-hydroxylation sites is 2. The van der Waals surface area contributed by atoms with Crippen molar-refractivity contribution in [3.8, 4) is 17.3 Å². The number of hydrogen-bond donors (Lipinski definition) is 1. The van der Waals surface area contributed by atoms with E-state index in [-0.39, 0.29) is 11.6 Å². The van der Waals surface area contributed by atoms with Gasteiger partial charge >= 0.3 is 0 Å². The van der Waals surface area contributed by atoms with Gasteiger partial charge in [-0.05, 0) is 30.3 Å². The number of benzene rings is 2. The molecule has 2 N–H and O–H groups in total. The van der Waals surface area contributed by atoms with Crippen molar-refractivity contribution in [2.45, 2.75) is 0 Å². The number of aryl methyl sites for hydroxylation is 1. The van der Waals surface area contributed by atoms with Gasteiger partial charge in [-0.2, -0.15) is 5.10 Å². The lowest BCUT2D eigenvalue weighted by atomic mass is 10.1. The Morgan fingerprint density at radius 3 is 2.48 bits per heavy atom. The first-order chi connectivity index (χ1) is 15.1. The first-order valence-electron chi connectivity index (χ1n) is 9.74. The molecule has 0 unspecified atom stereocenters. The molecule has 0 saturated carbocycles. The fourth-order valence-corrected chi connectivity index (χ4v) is 3.55. The van der Waals surface area contributed by atoms with Crippen LogP contribution in [-0.2, 0) is 7.05 Å². The first kappa shape index (κ1) is 18.6. The minimum absolute atomic E-state index is 0.181. The number of carbonyl (C=O) groups excluding carboxylic acids is 1. The molecule has 0 aliphatic heterocycles. The number of fused-ring (bicyclic) bond motifs is 1. The maximum Gasteiger partial charge on any atom is 0.219 e. The van der Waals surface area contributed by atoms with Gasteiger partial charge in [-0.25, -0.2) is 9.67 Å². The lowest BCUT2D eigenvalue weighted by Gasteiger charge is -2.07. The van der Waals surface area contributed by atoms with Crippen molar-refractivity contribution in [2.24, 2.45) is 7.05 Å². The van der Waals surface area contributed by atoms with Crippen LogP contribution in [0.15, 0.2) is 85.2 Å². The Hall–Kier alpha value is -4.39. The van der Waals surface area contributed by atoms with E-state index in [1.807, 2.05) is 72.3 Å². The third-order valence-corrected chi connectivity index (χ3v) is 5.17. The molecule has 31 heavy (non-hydrogen) atoms. The summed E-state index contributed by atoms with van der Waals surface area (Å²) in [6, 6.07) is 22.6. The number of ether oxygens (including phenoxy) is 1. The molecule has 5 rings (SSSR count). The number of aromatic nitrogens is 4. The van der Waals surface area contributed by atoms with Crippen LogP contribution < -0.4 is 10.5 Å². The maximum atomic E-state index is 13.2. The highest BCUT2D eigenvalue weighted by atomic mass is 16.5. The summed E-state index contributed by atoms with van der Waals surface area (Å²) in [4.78, 5) is 17.5. The molecule has 7 heteroatoms. The fourth-order valence-electron chi connectivity index (χ4n) is 3.55. The molecule has 3 aromatic heterocycles. The number of carbonyl (C=O) groups is 1. The topological polar surface area (TPSA) is 88.0 Å². The van der Waals surface area contributed by atoms with Crippen LogP contribution >= 0.6 is 0 Å². The van der Waals surface area contributed by atoms with Crippen LogP contribution in [0.4, 0.5) is 5.82 Å². The molecule has 2 aromatic carbocycles. The van der Waals surface area contributed by atoms with Crippen LogP contribution in [0.2, 0.25) is 0 Å². The molecule has 5 aromatic rings. The average Bonchev–Trinajstić information content (AvgIpc) is 3.35. The highest BCUT2D eigenvalue weighted by Gasteiger charge is 2.21. The van der Waals surface area contributed by atoms with Gasteiger partial charge in [-0.15, -0.1) is 0 Å². The Bertz CT molecular complexity index is 1390. The van der Waals surface area contributed by atoms with Crippen LogP contribution in [0.25, 0.3) is 16.6 Å². The van der Waals surface area contributed by atoms with Gasteiger partial charge in [0, 0.05) is 24.0 Å². The van der Waals surface area contributed by atoms with Gasteiger partial charge in [0.1, 0.15) is 11.6 Å². The Morgan fingerprint density at radius 1 is 0.968 bits per heavy atom. The van der Waals surface area contributed by atoms with Gasteiger partial charge in [-0.3, -0.25) is 4.79 Å². The molecule has 152 valence electrons. The van der Waals surface area contributed by atoms with Crippen molar-refractivity contribution in [1.82, 2.24) is 19.3 Å². The second-order valence-corrected chi connectivity index (χ2v) is 7.10. The van der Waals surface area contributed by atoms with E-state index < -0.39 is 0 Å². The molecule has 0 saturated heterocycles. The molecule has 0 radical (unpaired) electrons. The highest BCUT2D eigenvalue weighted by Crippen LogP contribution is 2.25. The molecule has 0 aliphatic carbocycles. The van der Waals surface area contributed by atoms with Crippen molar-refractivity contribution in [3.05, 3.63) is 96.4 Å². The smallest absolute Gasteiger partial charge is 0.219 e. The minimum Gasteiger partial charge on any atom is -0.439 e. The van der Waals surface area contributed by atoms with E-state index >= 15 is 0 Å². The van der Waals surface area contributed by atoms with Gasteiger partial charge in [0.2, 0.25) is 11.7 Å². The molecule has 0 bridgehead atoms. The minimum atomic E-state index is -0.181. The maximum absolute atomic E-state index is 13.2. The molecule has 0 spiro atoms. The highest BCUT2D eigenvalue weighted by molar-refractivity contribution is 6.12. The predicted molar refractivity (Wildman–Crippen MR) is 119 cm³/mol. The van der Waals surface area contributed by atoms with Crippen molar-refractivity contribution < 1.29 is 9.53 Å². The zero-order valence-electron chi connectivity index (χ0n) is 16.8. The molecule has 0 aliphatic rings. The fraction of sp³-hybridized carbons (Fsp3) is 0.0417. The average molecular weight is 409 g/mol. The Balaban J connectivity index is 1.43. The lowest BCUT2D eigenvalue weighted by Crippen LogP contribution is -2.10. The third kappa shape index (κ3) is 3.32. The summed E-state index contributed by atoms with van der Waals surface area (Å²) in [5.41, 5.74) is 8.80. The van der Waals surface area contributed by atoms with Crippen LogP contribution in [0.1, 0.15) is 16.1 Å². The quantitative estimate of drug-likeness (QED) is 0.436. The zero-order valence-corrected chi connectivity index (χ0v) is 16.8. The Labute approximate surface area is 178 Å². The second-order valence-electron chi connectivity index (χ2n) is 7.10. The van der Waals surface area contributed by atoms with Crippen molar-refractivity contribution in [3.63, 3.8) is 0 Å². The van der Waals surface area contributed by atoms with E-state index in [4.69, 9.17) is 10.5 Å². The number of hydrogen-bond acceptors (Lipinski definition) is 5. The SMILES string of the molecule is Cn1c(C(=O)c2cnn(-c3ccc(Oc4ccccc4)nc3)c2N)cc2ccccc21. The summed E-state index contributed by atoms with van der Waals surface area (Å²) in [5, 5.41) is 5.31. The number of anilines is 1. The first-order valence-corrected chi connectivity index (χ1v) is 9.74. The molecule has 0 amide bonds. The zero-order chi connectivity index (χ0) is 21.4. The van der Waals surface area contributed by atoms with Gasteiger partial charge in [0.05, 0.1) is 29.3 Å². The molecule has 7 nitrogen and oxygen atoms in total. The summed E-state index contributed by atoms with van der Waals surface area (Å²) in [7, 11) is 1.87. The van der Waals surface area contributed by atoms with Crippen molar-refractivity contribution in [2.75, 3.05) is 5.73 Å². The number of rotatable bonds is 5. The normalized spacial score (nSPS) is 11.0. The number of nitrogen functional groups attached to an aromatic ring is 1. The van der Waals surface area contributed by atoms with Crippen LogP contribution in [0, 0.1) is 0 Å². The molecule has 0 fully saturated rings. The van der Waals surface area contributed by atoms with Crippen molar-refractivity contribution >= 4 is 22.5 Å². The largest absolute Gasteiger partial charge is 0.439 e. The standard InChI is InChI=1S/C24H19N5O2/c1-28-20-10-6-5-7-16(20)13-21(28)23(30)19-15-27-29(24(19)25)17-11-12-22(26-14-17)31-18-8-3-2-4-9-18/h2-15H,25H2,1H3. The van der Waals surface area contributed by atoms with Crippen LogP contribution in [0.3, 0.4) is 0 Å². The number of pyridine rings is 1. The lowest BCUT2D eigenvalue weighted by molar-refractivity contribution is 0.103. The van der Waals surface area contributed by atoms with Crippen LogP contribution in [0.5, 0.6) is 11.6 Å². The van der Waals surface area contributed by atoms with Gasteiger partial charge in [0.15, 0.2) is 0 Å². The van der Waals surface area contributed by atoms with Crippen molar-refractivity contribution in [1.29, 1.82) is 0 Å². The second kappa shape index (κ2) is 7.46. The molecule has 3 heterocycles. The number of nitrogens with two attached hydrogens (primary N) is 1. The summed E-state index contributed by atoms with van der Waals surface area (Å²) in [6.45, 7) is 0. The molecular weight excluding hydrogens is 390 g/mol. The van der Waals surface area contributed by atoms with Crippen LogP contribution in [-0.4, -0.2) is 25.1 Å². The summed E-state index contributed by atoms with van der Waals surface area (Å²) >= 11 is 0. The van der Waals surface area contributed by atoms with E-state index in [0.29, 0.717) is 28.6 Å². The van der Waals surface area contributed by atoms with Gasteiger partial charge < -0.3 is 15.0 Å². The summed E-state index contributed by atoms with van der Waals surface area (Å²) in [5.74, 6) is 1.23. The van der Waals surface area contributed by atoms with Gasteiger partial charge in [0.25, 0.3) is 0 Å². The Kier molecular flexibility index (Phi) is 4.48. The van der Waals surface area contributed by atoms with E-state index in [2.05, 4.69) is 10.1 Å². The summed E-state index contributed by atoms with van der Waals surface area (Å²) < 4.78 is 9.08. The molecule has 0 atom stereocenters. The van der Waals surface area contributed by atoms with Gasteiger partial charge in [-0.1, -0.05) is 36.4 Å². The monoisotopic (exact) mass is 409 g/mol. The summed E-state index contributed by atoms with van der Waals surface area (Å²) in [6.07, 6.45) is 3.09. The predicted octanol–water partition coefficient (Wildman–Crippen LogP) is 4.36. The molecular formula is C24H19N5O2.